The molecule has 0 amide bonds. The van der Waals surface area contributed by atoms with E-state index in [9.17, 15) is 13.2 Å². The Balaban J connectivity index is 2.59. The van der Waals surface area contributed by atoms with Crippen molar-refractivity contribution >= 4 is 11.0 Å². The molecule has 1 heterocycles. The fourth-order valence-electron chi connectivity index (χ4n) is 1.57. The first-order valence-electron chi connectivity index (χ1n) is 4.72. The average Bonchev–Trinajstić information content (AvgIpc) is 2.58. The van der Waals surface area contributed by atoms with Crippen LogP contribution < -0.4 is 0 Å². The van der Waals surface area contributed by atoms with E-state index in [4.69, 9.17) is 9.52 Å². The second kappa shape index (κ2) is 3.83. The molecule has 0 aliphatic heterocycles. The number of halogens is 3. The Morgan fingerprint density at radius 3 is 2.62 bits per heavy atom. The van der Waals surface area contributed by atoms with Gasteiger partial charge in [-0.15, -0.1) is 0 Å². The van der Waals surface area contributed by atoms with Crippen molar-refractivity contribution < 1.29 is 22.7 Å². The molecule has 2 rings (SSSR count). The Labute approximate surface area is 89.3 Å². The van der Waals surface area contributed by atoms with Gasteiger partial charge in [0.15, 0.2) is 0 Å². The number of alkyl halides is 3. The van der Waals surface area contributed by atoms with Crippen LogP contribution in [-0.4, -0.2) is 11.7 Å². The molecule has 0 saturated carbocycles. The second-order valence-corrected chi connectivity index (χ2v) is 3.41. The standard InChI is InChI=1S/C11H9F3O2/c12-11(13,14)9-3-1-2-7-6-8(4-5-15)16-10(7)9/h1-3,6,15H,4-5H2. The maximum absolute atomic E-state index is 12.6. The largest absolute Gasteiger partial charge is 0.460 e. The van der Waals surface area contributed by atoms with Crippen LogP contribution >= 0.6 is 0 Å². The molecule has 0 radical (unpaired) electrons. The van der Waals surface area contributed by atoms with Gasteiger partial charge in [-0.25, -0.2) is 0 Å². The van der Waals surface area contributed by atoms with E-state index in [0.29, 0.717) is 11.1 Å². The van der Waals surface area contributed by atoms with Crippen LogP contribution in [0.3, 0.4) is 0 Å². The fraction of sp³-hybridized carbons (Fsp3) is 0.273. The van der Waals surface area contributed by atoms with Crippen LogP contribution in [0.5, 0.6) is 0 Å². The molecule has 2 nitrogen and oxygen atoms in total. The number of rotatable bonds is 2. The summed E-state index contributed by atoms with van der Waals surface area (Å²) in [6, 6.07) is 5.38. The van der Waals surface area contributed by atoms with E-state index in [1.807, 2.05) is 0 Å². The maximum Gasteiger partial charge on any atom is 0.420 e. The van der Waals surface area contributed by atoms with Crippen molar-refractivity contribution in [2.24, 2.45) is 0 Å². The van der Waals surface area contributed by atoms with Crippen LogP contribution in [0.2, 0.25) is 0 Å². The van der Waals surface area contributed by atoms with Gasteiger partial charge >= 0.3 is 6.18 Å². The molecule has 1 N–H and O–H groups in total. The summed E-state index contributed by atoms with van der Waals surface area (Å²) < 4.78 is 42.9. The first-order valence-corrected chi connectivity index (χ1v) is 4.72. The molecule has 0 spiro atoms. The highest BCUT2D eigenvalue weighted by atomic mass is 19.4. The zero-order valence-electron chi connectivity index (χ0n) is 8.21. The lowest BCUT2D eigenvalue weighted by Gasteiger charge is -2.05. The molecule has 1 aromatic carbocycles. The van der Waals surface area contributed by atoms with E-state index in [-0.39, 0.29) is 18.6 Å². The Morgan fingerprint density at radius 2 is 2.00 bits per heavy atom. The van der Waals surface area contributed by atoms with Crippen LogP contribution in [0.4, 0.5) is 13.2 Å². The molecule has 1 aromatic heterocycles. The van der Waals surface area contributed by atoms with Gasteiger partial charge in [0, 0.05) is 11.8 Å². The number of hydrogen-bond donors (Lipinski definition) is 1. The topological polar surface area (TPSA) is 33.4 Å². The molecule has 0 unspecified atom stereocenters. The molecule has 0 fully saturated rings. The highest BCUT2D eigenvalue weighted by Crippen LogP contribution is 2.35. The Hall–Kier alpha value is -1.49. The number of hydrogen-bond acceptors (Lipinski definition) is 2. The van der Waals surface area contributed by atoms with E-state index in [0.717, 1.165) is 6.07 Å². The van der Waals surface area contributed by atoms with Gasteiger partial charge in [-0.05, 0) is 12.1 Å². The maximum atomic E-state index is 12.6. The predicted molar refractivity (Wildman–Crippen MR) is 52.0 cm³/mol. The summed E-state index contributed by atoms with van der Waals surface area (Å²) in [5.41, 5.74) is -0.951. The number of benzene rings is 1. The summed E-state index contributed by atoms with van der Waals surface area (Å²) in [4.78, 5) is 0. The van der Waals surface area contributed by atoms with Crippen molar-refractivity contribution in [1.82, 2.24) is 0 Å². The molecule has 86 valence electrons. The van der Waals surface area contributed by atoms with E-state index in [1.54, 1.807) is 6.07 Å². The van der Waals surface area contributed by atoms with Crippen molar-refractivity contribution in [1.29, 1.82) is 0 Å². The molecule has 0 aliphatic rings. The predicted octanol–water partition coefficient (Wildman–Crippen LogP) is 2.99. The lowest BCUT2D eigenvalue weighted by atomic mass is 10.1. The summed E-state index contributed by atoms with van der Waals surface area (Å²) in [6.45, 7) is -0.152. The van der Waals surface area contributed by atoms with E-state index >= 15 is 0 Å². The summed E-state index contributed by atoms with van der Waals surface area (Å²) >= 11 is 0. The molecule has 16 heavy (non-hydrogen) atoms. The first-order chi connectivity index (χ1) is 7.52. The molecule has 0 bridgehead atoms. The number of aliphatic hydroxyl groups excluding tert-OH is 1. The molecular formula is C11H9F3O2. The number of para-hydroxylation sites is 1. The van der Waals surface area contributed by atoms with Gasteiger partial charge < -0.3 is 9.52 Å². The quantitative estimate of drug-likeness (QED) is 0.860. The third-order valence-corrected chi connectivity index (χ3v) is 2.26. The van der Waals surface area contributed by atoms with E-state index in [2.05, 4.69) is 0 Å². The molecule has 0 aliphatic carbocycles. The van der Waals surface area contributed by atoms with Crippen molar-refractivity contribution in [2.45, 2.75) is 12.6 Å². The van der Waals surface area contributed by atoms with Crippen LogP contribution in [0, 0.1) is 0 Å². The zero-order chi connectivity index (χ0) is 11.8. The smallest absolute Gasteiger partial charge is 0.420 e. The zero-order valence-corrected chi connectivity index (χ0v) is 8.21. The molecule has 5 heteroatoms. The summed E-state index contributed by atoms with van der Waals surface area (Å²) in [6.07, 6.45) is -4.21. The van der Waals surface area contributed by atoms with E-state index < -0.39 is 11.7 Å². The average molecular weight is 230 g/mol. The lowest BCUT2D eigenvalue weighted by Crippen LogP contribution is -2.04. The minimum absolute atomic E-state index is 0.152. The Kier molecular flexibility index (Phi) is 2.63. The monoisotopic (exact) mass is 230 g/mol. The highest BCUT2D eigenvalue weighted by molar-refractivity contribution is 5.81. The normalized spacial score (nSPS) is 12.2. The second-order valence-electron chi connectivity index (χ2n) is 3.41. The van der Waals surface area contributed by atoms with Crippen molar-refractivity contribution in [2.75, 3.05) is 6.61 Å². The summed E-state index contributed by atoms with van der Waals surface area (Å²) in [5, 5.41) is 9.09. The van der Waals surface area contributed by atoms with Crippen LogP contribution in [0.15, 0.2) is 28.7 Å². The van der Waals surface area contributed by atoms with Gasteiger partial charge in [-0.3, -0.25) is 0 Å². The minimum atomic E-state index is -4.42. The molecule has 2 aromatic rings. The van der Waals surface area contributed by atoms with Crippen molar-refractivity contribution in [3.8, 4) is 0 Å². The minimum Gasteiger partial charge on any atom is -0.460 e. The van der Waals surface area contributed by atoms with E-state index in [1.165, 1.54) is 12.1 Å². The number of fused-ring (bicyclic) bond motifs is 1. The summed E-state index contributed by atoms with van der Waals surface area (Å²) in [5.74, 6) is 0.356. The third-order valence-electron chi connectivity index (χ3n) is 2.26. The lowest BCUT2D eigenvalue weighted by molar-refractivity contribution is -0.136. The van der Waals surface area contributed by atoms with Crippen molar-refractivity contribution in [3.05, 3.63) is 35.6 Å². The SMILES string of the molecule is OCCc1cc2cccc(C(F)(F)F)c2o1. The number of furan rings is 1. The Bertz CT molecular complexity index is 499. The van der Waals surface area contributed by atoms with Gasteiger partial charge in [-0.2, -0.15) is 13.2 Å². The van der Waals surface area contributed by atoms with Crippen LogP contribution in [-0.2, 0) is 12.6 Å². The fourth-order valence-corrected chi connectivity index (χ4v) is 1.57. The molecular weight excluding hydrogens is 221 g/mol. The van der Waals surface area contributed by atoms with Gasteiger partial charge in [0.1, 0.15) is 11.3 Å². The highest BCUT2D eigenvalue weighted by Gasteiger charge is 2.34. The number of aliphatic hydroxyl groups is 1. The first kappa shape index (κ1) is 11.0. The van der Waals surface area contributed by atoms with Crippen molar-refractivity contribution in [3.63, 3.8) is 0 Å². The van der Waals surface area contributed by atoms with Crippen LogP contribution in [0.1, 0.15) is 11.3 Å². The van der Waals surface area contributed by atoms with Gasteiger partial charge in [0.25, 0.3) is 0 Å². The van der Waals surface area contributed by atoms with Crippen LogP contribution in [0.25, 0.3) is 11.0 Å². The summed E-state index contributed by atoms with van der Waals surface area (Å²) in [7, 11) is 0. The third kappa shape index (κ3) is 1.90. The van der Waals surface area contributed by atoms with Gasteiger partial charge in [-0.1, -0.05) is 12.1 Å². The van der Waals surface area contributed by atoms with Gasteiger partial charge in [0.05, 0.1) is 12.2 Å². The molecule has 0 saturated heterocycles. The molecule has 0 atom stereocenters. The van der Waals surface area contributed by atoms with Gasteiger partial charge in [0.2, 0.25) is 0 Å². The Morgan fingerprint density at radius 1 is 1.25 bits per heavy atom.